The molecule has 0 unspecified atom stereocenters. The molecule has 1 heterocycles. The van der Waals surface area contributed by atoms with E-state index in [2.05, 4.69) is 26.0 Å². The van der Waals surface area contributed by atoms with Crippen LogP contribution in [0.1, 0.15) is 54.6 Å². The summed E-state index contributed by atoms with van der Waals surface area (Å²) in [5.41, 5.74) is 2.76. The quantitative estimate of drug-likeness (QED) is 0.559. The van der Waals surface area contributed by atoms with Gasteiger partial charge in [-0.15, -0.1) is 0 Å². The van der Waals surface area contributed by atoms with Gasteiger partial charge in [0.1, 0.15) is 5.75 Å². The fraction of sp³-hybridized carbons (Fsp3) is 0.458. The van der Waals surface area contributed by atoms with Crippen LogP contribution in [0.2, 0.25) is 0 Å². The van der Waals surface area contributed by atoms with Gasteiger partial charge in [0.2, 0.25) is 0 Å². The topological polar surface area (TPSA) is 63.7 Å². The molecule has 1 fully saturated rings. The molecule has 1 aliphatic heterocycles. The van der Waals surface area contributed by atoms with Crippen molar-refractivity contribution in [2.75, 3.05) is 18.1 Å². The van der Waals surface area contributed by atoms with E-state index < -0.39 is 9.84 Å². The first-order chi connectivity index (χ1) is 14.4. The SMILES string of the molecule is CCCCOc1cccc(C(=O)N(Cc2ccc(CC)cc2)[C@@H]2CCS(=O)(=O)C2)c1. The predicted molar refractivity (Wildman–Crippen MR) is 120 cm³/mol. The molecule has 162 valence electrons. The van der Waals surface area contributed by atoms with E-state index in [1.165, 1.54) is 5.56 Å². The van der Waals surface area contributed by atoms with Crippen LogP contribution >= 0.6 is 0 Å². The minimum absolute atomic E-state index is 0.0263. The van der Waals surface area contributed by atoms with Crippen LogP contribution in [0, 0.1) is 0 Å². The molecule has 1 atom stereocenters. The van der Waals surface area contributed by atoms with Crippen molar-refractivity contribution >= 4 is 15.7 Å². The highest BCUT2D eigenvalue weighted by Gasteiger charge is 2.35. The molecule has 2 aromatic rings. The van der Waals surface area contributed by atoms with Crippen molar-refractivity contribution in [1.29, 1.82) is 0 Å². The first kappa shape index (κ1) is 22.3. The first-order valence-corrected chi connectivity index (χ1v) is 12.6. The fourth-order valence-electron chi connectivity index (χ4n) is 3.68. The Balaban J connectivity index is 1.83. The van der Waals surface area contributed by atoms with Crippen LogP contribution < -0.4 is 4.74 Å². The molecule has 3 rings (SSSR count). The average Bonchev–Trinajstić information content (AvgIpc) is 3.12. The molecule has 1 aliphatic rings. The Hall–Kier alpha value is -2.34. The second-order valence-electron chi connectivity index (χ2n) is 7.89. The number of nitrogens with zero attached hydrogens (tertiary/aromatic N) is 1. The minimum atomic E-state index is -3.10. The largest absolute Gasteiger partial charge is 0.494 e. The number of benzene rings is 2. The highest BCUT2D eigenvalue weighted by Crippen LogP contribution is 2.24. The normalized spacial score (nSPS) is 17.6. The van der Waals surface area contributed by atoms with Crippen LogP contribution in [-0.4, -0.2) is 43.4 Å². The molecule has 1 saturated heterocycles. The van der Waals surface area contributed by atoms with E-state index in [1.54, 1.807) is 17.0 Å². The lowest BCUT2D eigenvalue weighted by Gasteiger charge is -2.29. The molecule has 0 aromatic heterocycles. The summed E-state index contributed by atoms with van der Waals surface area (Å²) in [5, 5.41) is 0. The van der Waals surface area contributed by atoms with Gasteiger partial charge in [-0.3, -0.25) is 4.79 Å². The Morgan fingerprint density at radius 2 is 1.83 bits per heavy atom. The summed E-state index contributed by atoms with van der Waals surface area (Å²) in [5.74, 6) is 0.674. The second-order valence-corrected chi connectivity index (χ2v) is 10.1. The third-order valence-corrected chi connectivity index (χ3v) is 7.29. The van der Waals surface area contributed by atoms with Crippen molar-refractivity contribution in [3.8, 4) is 5.75 Å². The molecule has 0 saturated carbocycles. The maximum Gasteiger partial charge on any atom is 0.254 e. The predicted octanol–water partition coefficient (Wildman–Crippen LogP) is 4.26. The van der Waals surface area contributed by atoms with Crippen molar-refractivity contribution in [2.24, 2.45) is 0 Å². The van der Waals surface area contributed by atoms with E-state index in [0.29, 0.717) is 30.9 Å². The summed E-state index contributed by atoms with van der Waals surface area (Å²) in [7, 11) is -3.10. The van der Waals surface area contributed by atoms with Crippen molar-refractivity contribution in [1.82, 2.24) is 4.90 Å². The lowest BCUT2D eigenvalue weighted by atomic mass is 10.1. The molecule has 5 nitrogen and oxygen atoms in total. The number of aryl methyl sites for hydroxylation is 1. The van der Waals surface area contributed by atoms with E-state index in [9.17, 15) is 13.2 Å². The zero-order chi connectivity index (χ0) is 21.6. The van der Waals surface area contributed by atoms with Crippen LogP contribution in [0.3, 0.4) is 0 Å². The Bertz CT molecular complexity index is 953. The van der Waals surface area contributed by atoms with E-state index >= 15 is 0 Å². The highest BCUT2D eigenvalue weighted by atomic mass is 32.2. The number of amides is 1. The van der Waals surface area contributed by atoms with E-state index in [4.69, 9.17) is 4.74 Å². The number of rotatable bonds is 9. The lowest BCUT2D eigenvalue weighted by molar-refractivity contribution is 0.0680. The summed E-state index contributed by atoms with van der Waals surface area (Å²) in [4.78, 5) is 15.1. The average molecular weight is 430 g/mol. The summed E-state index contributed by atoms with van der Waals surface area (Å²) < 4.78 is 29.9. The number of hydrogen-bond acceptors (Lipinski definition) is 4. The molecule has 0 spiro atoms. The summed E-state index contributed by atoms with van der Waals surface area (Å²) in [6.07, 6.45) is 3.43. The lowest BCUT2D eigenvalue weighted by Crippen LogP contribution is -2.40. The molecule has 0 bridgehead atoms. The molecule has 6 heteroatoms. The van der Waals surface area contributed by atoms with Crippen LogP contribution in [0.5, 0.6) is 5.75 Å². The smallest absolute Gasteiger partial charge is 0.254 e. The fourth-order valence-corrected chi connectivity index (χ4v) is 5.41. The Morgan fingerprint density at radius 1 is 1.10 bits per heavy atom. The zero-order valence-corrected chi connectivity index (χ0v) is 18.7. The zero-order valence-electron chi connectivity index (χ0n) is 17.8. The van der Waals surface area contributed by atoms with Gasteiger partial charge in [-0.25, -0.2) is 8.42 Å². The number of hydrogen-bond donors (Lipinski definition) is 0. The van der Waals surface area contributed by atoms with Crippen molar-refractivity contribution in [2.45, 2.75) is 52.1 Å². The third-order valence-electron chi connectivity index (χ3n) is 5.54. The van der Waals surface area contributed by atoms with E-state index in [0.717, 1.165) is 24.8 Å². The van der Waals surface area contributed by atoms with Gasteiger partial charge in [0.25, 0.3) is 5.91 Å². The van der Waals surface area contributed by atoms with Crippen LogP contribution in [0.25, 0.3) is 0 Å². The van der Waals surface area contributed by atoms with Gasteiger partial charge >= 0.3 is 0 Å². The molecule has 0 N–H and O–H groups in total. The standard InChI is InChI=1S/C24H31NO4S/c1-3-5-14-29-23-8-6-7-21(16-23)24(26)25(22-13-15-30(27,28)18-22)17-20-11-9-19(4-2)10-12-20/h6-12,16,22H,3-5,13-15,17-18H2,1-2H3/t22-/m1/s1. The van der Waals surface area contributed by atoms with Crippen LogP contribution in [-0.2, 0) is 22.8 Å². The maximum absolute atomic E-state index is 13.4. The van der Waals surface area contributed by atoms with Crippen molar-refractivity contribution in [3.63, 3.8) is 0 Å². The first-order valence-electron chi connectivity index (χ1n) is 10.7. The number of unbranched alkanes of at least 4 members (excludes halogenated alkanes) is 1. The third kappa shape index (κ3) is 5.85. The van der Waals surface area contributed by atoms with Crippen LogP contribution in [0.15, 0.2) is 48.5 Å². The van der Waals surface area contributed by atoms with Crippen molar-refractivity contribution in [3.05, 3.63) is 65.2 Å². The number of sulfone groups is 1. The van der Waals surface area contributed by atoms with Crippen molar-refractivity contribution < 1.29 is 17.9 Å². The summed E-state index contributed by atoms with van der Waals surface area (Å²) >= 11 is 0. The van der Waals surface area contributed by atoms with Gasteiger partial charge in [0, 0.05) is 18.2 Å². The summed E-state index contributed by atoms with van der Waals surface area (Å²) in [6, 6.07) is 15.0. The Labute approximate surface area is 180 Å². The Kier molecular flexibility index (Phi) is 7.53. The molecule has 0 aliphatic carbocycles. The molecule has 30 heavy (non-hydrogen) atoms. The molecule has 2 aromatic carbocycles. The van der Waals surface area contributed by atoms with Crippen LogP contribution in [0.4, 0.5) is 0 Å². The minimum Gasteiger partial charge on any atom is -0.494 e. The van der Waals surface area contributed by atoms with Gasteiger partial charge in [-0.1, -0.05) is 50.6 Å². The Morgan fingerprint density at radius 3 is 2.47 bits per heavy atom. The second kappa shape index (κ2) is 10.1. The molecular weight excluding hydrogens is 398 g/mol. The number of carbonyl (C=O) groups excluding carboxylic acids is 1. The molecular formula is C24H31NO4S. The van der Waals surface area contributed by atoms with E-state index in [-0.39, 0.29) is 23.5 Å². The molecule has 1 amide bonds. The maximum atomic E-state index is 13.4. The molecule has 0 radical (unpaired) electrons. The highest BCUT2D eigenvalue weighted by molar-refractivity contribution is 7.91. The van der Waals surface area contributed by atoms with Gasteiger partial charge in [0.05, 0.1) is 18.1 Å². The van der Waals surface area contributed by atoms with Gasteiger partial charge in [-0.2, -0.15) is 0 Å². The van der Waals surface area contributed by atoms with Gasteiger partial charge < -0.3 is 9.64 Å². The summed E-state index contributed by atoms with van der Waals surface area (Å²) in [6.45, 7) is 5.21. The van der Waals surface area contributed by atoms with E-state index in [1.807, 2.05) is 24.3 Å². The van der Waals surface area contributed by atoms with Gasteiger partial charge in [0.15, 0.2) is 9.84 Å². The monoisotopic (exact) mass is 429 g/mol. The number of carbonyl (C=O) groups is 1. The van der Waals surface area contributed by atoms with Gasteiger partial charge in [-0.05, 0) is 48.6 Å². The number of ether oxygens (including phenoxy) is 1.